The number of fused-ring (bicyclic) bond motifs is 1. The molecule has 3 rings (SSSR count). The molecule has 0 aliphatic carbocycles. The monoisotopic (exact) mass is 257 g/mol. The first-order chi connectivity index (χ1) is 9.25. The fraction of sp³-hybridized carbons (Fsp3) is 0.400. The van der Waals surface area contributed by atoms with E-state index >= 15 is 0 Å². The number of rotatable bonds is 4. The summed E-state index contributed by atoms with van der Waals surface area (Å²) < 4.78 is 0. The molecule has 0 radical (unpaired) electrons. The standard InChI is InChI=1S/C15H19N3O/c1-10-12(13-4-2-3-5-14(13)18-10)6-7-17-15(19)11-8-16-9-11/h2-5,11,16,18H,6-9H2,1H3,(H,17,19). The first-order valence-corrected chi connectivity index (χ1v) is 6.80. The molecule has 2 heterocycles. The van der Waals surface area contributed by atoms with E-state index in [4.69, 9.17) is 0 Å². The predicted octanol–water partition coefficient (Wildman–Crippen LogP) is 1.35. The van der Waals surface area contributed by atoms with Gasteiger partial charge in [0.05, 0.1) is 5.92 Å². The number of nitrogens with one attached hydrogen (secondary N) is 3. The van der Waals surface area contributed by atoms with E-state index < -0.39 is 0 Å². The van der Waals surface area contributed by atoms with Crippen molar-refractivity contribution in [1.29, 1.82) is 0 Å². The Kier molecular flexibility index (Phi) is 3.25. The molecule has 1 aromatic carbocycles. The highest BCUT2D eigenvalue weighted by Crippen LogP contribution is 2.21. The van der Waals surface area contributed by atoms with Crippen LogP contribution in [0.3, 0.4) is 0 Å². The number of hydrogen-bond donors (Lipinski definition) is 3. The lowest BCUT2D eigenvalue weighted by Crippen LogP contribution is -2.51. The fourth-order valence-corrected chi connectivity index (χ4v) is 2.59. The first-order valence-electron chi connectivity index (χ1n) is 6.80. The molecular weight excluding hydrogens is 238 g/mol. The topological polar surface area (TPSA) is 56.9 Å². The number of aromatic amines is 1. The third-order valence-corrected chi connectivity index (χ3v) is 3.85. The molecule has 1 aliphatic heterocycles. The molecule has 4 heteroatoms. The number of hydrogen-bond acceptors (Lipinski definition) is 2. The van der Waals surface area contributed by atoms with Crippen LogP contribution < -0.4 is 10.6 Å². The Morgan fingerprint density at radius 3 is 2.89 bits per heavy atom. The van der Waals surface area contributed by atoms with Gasteiger partial charge in [0.15, 0.2) is 0 Å². The second-order valence-corrected chi connectivity index (χ2v) is 5.17. The third-order valence-electron chi connectivity index (χ3n) is 3.85. The summed E-state index contributed by atoms with van der Waals surface area (Å²) in [7, 11) is 0. The van der Waals surface area contributed by atoms with Gasteiger partial charge in [-0.1, -0.05) is 18.2 Å². The highest BCUT2D eigenvalue weighted by molar-refractivity contribution is 5.84. The van der Waals surface area contributed by atoms with Crippen molar-refractivity contribution in [3.05, 3.63) is 35.5 Å². The minimum absolute atomic E-state index is 0.170. The summed E-state index contributed by atoms with van der Waals surface area (Å²) in [5, 5.41) is 7.40. The van der Waals surface area contributed by atoms with E-state index in [0.29, 0.717) is 6.54 Å². The summed E-state index contributed by atoms with van der Waals surface area (Å²) >= 11 is 0. The van der Waals surface area contributed by atoms with Gasteiger partial charge in [0.25, 0.3) is 0 Å². The smallest absolute Gasteiger partial charge is 0.225 e. The van der Waals surface area contributed by atoms with E-state index in [1.54, 1.807) is 0 Å². The maximum Gasteiger partial charge on any atom is 0.225 e. The maximum absolute atomic E-state index is 11.7. The lowest BCUT2D eigenvalue weighted by Gasteiger charge is -2.25. The Morgan fingerprint density at radius 1 is 1.37 bits per heavy atom. The molecule has 0 bridgehead atoms. The Balaban J connectivity index is 1.64. The molecule has 0 saturated carbocycles. The van der Waals surface area contributed by atoms with Crippen LogP contribution in [0.1, 0.15) is 11.3 Å². The molecule has 0 unspecified atom stereocenters. The van der Waals surface area contributed by atoms with Crippen LogP contribution in [-0.2, 0) is 11.2 Å². The van der Waals surface area contributed by atoms with Gasteiger partial charge in [-0.15, -0.1) is 0 Å². The van der Waals surface area contributed by atoms with Crippen LogP contribution in [-0.4, -0.2) is 30.5 Å². The van der Waals surface area contributed by atoms with E-state index in [1.807, 2.05) is 6.07 Å². The van der Waals surface area contributed by atoms with Crippen molar-refractivity contribution in [3.8, 4) is 0 Å². The van der Waals surface area contributed by atoms with Crippen molar-refractivity contribution >= 4 is 16.8 Å². The minimum atomic E-state index is 0.170. The number of carbonyl (C=O) groups excluding carboxylic acids is 1. The Hall–Kier alpha value is -1.81. The highest BCUT2D eigenvalue weighted by Gasteiger charge is 2.24. The van der Waals surface area contributed by atoms with E-state index in [2.05, 4.69) is 40.7 Å². The lowest BCUT2D eigenvalue weighted by molar-refractivity contribution is -0.126. The quantitative estimate of drug-likeness (QED) is 0.774. The second-order valence-electron chi connectivity index (χ2n) is 5.17. The number of para-hydroxylation sites is 1. The van der Waals surface area contributed by atoms with Gasteiger partial charge in [-0.2, -0.15) is 0 Å². The lowest BCUT2D eigenvalue weighted by atomic mass is 10.0. The molecule has 1 fully saturated rings. The summed E-state index contributed by atoms with van der Waals surface area (Å²) in [5.41, 5.74) is 3.67. The zero-order chi connectivity index (χ0) is 13.2. The molecule has 3 N–H and O–H groups in total. The van der Waals surface area contributed by atoms with Crippen molar-refractivity contribution in [3.63, 3.8) is 0 Å². The first kappa shape index (κ1) is 12.2. The molecule has 100 valence electrons. The second kappa shape index (κ2) is 5.05. The van der Waals surface area contributed by atoms with E-state index in [-0.39, 0.29) is 11.8 Å². The van der Waals surface area contributed by atoms with Crippen LogP contribution in [0.5, 0.6) is 0 Å². The van der Waals surface area contributed by atoms with Crippen LogP contribution in [0.4, 0.5) is 0 Å². The summed E-state index contributed by atoms with van der Waals surface area (Å²) in [6.45, 7) is 4.43. The average molecular weight is 257 g/mol. The Bertz CT molecular complexity index is 598. The van der Waals surface area contributed by atoms with Crippen LogP contribution in [0.15, 0.2) is 24.3 Å². The molecule has 4 nitrogen and oxygen atoms in total. The Morgan fingerprint density at radius 2 is 2.16 bits per heavy atom. The zero-order valence-electron chi connectivity index (χ0n) is 11.1. The summed E-state index contributed by atoms with van der Waals surface area (Å²) in [6.07, 6.45) is 0.877. The third kappa shape index (κ3) is 2.36. The summed E-state index contributed by atoms with van der Waals surface area (Å²) in [4.78, 5) is 15.1. The normalized spacial score (nSPS) is 15.4. The van der Waals surface area contributed by atoms with Crippen molar-refractivity contribution in [2.24, 2.45) is 5.92 Å². The summed E-state index contributed by atoms with van der Waals surface area (Å²) in [6, 6.07) is 8.31. The molecule has 1 aromatic heterocycles. The van der Waals surface area contributed by atoms with Crippen LogP contribution >= 0.6 is 0 Å². The zero-order valence-corrected chi connectivity index (χ0v) is 11.1. The molecule has 1 aliphatic rings. The number of aryl methyl sites for hydroxylation is 1. The van der Waals surface area contributed by atoms with Crippen molar-refractivity contribution in [2.45, 2.75) is 13.3 Å². The van der Waals surface area contributed by atoms with Gasteiger partial charge in [0.2, 0.25) is 5.91 Å². The van der Waals surface area contributed by atoms with Crippen LogP contribution in [0.25, 0.3) is 10.9 Å². The van der Waals surface area contributed by atoms with Gasteiger partial charge in [0, 0.05) is 36.2 Å². The van der Waals surface area contributed by atoms with Crippen molar-refractivity contribution in [1.82, 2.24) is 15.6 Å². The maximum atomic E-state index is 11.7. The molecule has 0 spiro atoms. The highest BCUT2D eigenvalue weighted by atomic mass is 16.2. The largest absolute Gasteiger partial charge is 0.358 e. The van der Waals surface area contributed by atoms with Gasteiger partial charge < -0.3 is 15.6 Å². The predicted molar refractivity (Wildman–Crippen MR) is 76.1 cm³/mol. The molecule has 1 amide bonds. The van der Waals surface area contributed by atoms with Gasteiger partial charge >= 0.3 is 0 Å². The Labute approximate surface area is 112 Å². The number of carbonyl (C=O) groups is 1. The number of amides is 1. The average Bonchev–Trinajstić information content (AvgIpc) is 2.64. The number of aromatic nitrogens is 1. The van der Waals surface area contributed by atoms with Gasteiger partial charge in [-0.05, 0) is 25.0 Å². The SMILES string of the molecule is Cc1[nH]c2ccccc2c1CCNC(=O)C1CNC1. The van der Waals surface area contributed by atoms with E-state index in [9.17, 15) is 4.79 Å². The molecule has 0 atom stereocenters. The summed E-state index contributed by atoms with van der Waals surface area (Å²) in [5.74, 6) is 0.348. The van der Waals surface area contributed by atoms with Crippen molar-refractivity contribution in [2.75, 3.05) is 19.6 Å². The molecule has 1 saturated heterocycles. The number of H-pyrrole nitrogens is 1. The molecule has 2 aromatic rings. The van der Waals surface area contributed by atoms with Gasteiger partial charge in [0.1, 0.15) is 0 Å². The van der Waals surface area contributed by atoms with E-state index in [1.165, 1.54) is 22.2 Å². The fourth-order valence-electron chi connectivity index (χ4n) is 2.59. The van der Waals surface area contributed by atoms with Gasteiger partial charge in [-0.25, -0.2) is 0 Å². The van der Waals surface area contributed by atoms with Gasteiger partial charge in [-0.3, -0.25) is 4.79 Å². The molecular formula is C15H19N3O. The van der Waals surface area contributed by atoms with Crippen LogP contribution in [0, 0.1) is 12.8 Å². The number of benzene rings is 1. The van der Waals surface area contributed by atoms with Crippen molar-refractivity contribution < 1.29 is 4.79 Å². The minimum Gasteiger partial charge on any atom is -0.358 e. The molecule has 19 heavy (non-hydrogen) atoms. The van der Waals surface area contributed by atoms with E-state index in [0.717, 1.165) is 19.5 Å². The van der Waals surface area contributed by atoms with Crippen LogP contribution in [0.2, 0.25) is 0 Å².